The number of unbranched alkanes of at least 4 members (excludes halogenated alkanes) is 1. The fraction of sp³-hybridized carbons (Fsp3) is 0.412. The summed E-state index contributed by atoms with van der Waals surface area (Å²) in [7, 11) is 1.68. The van der Waals surface area contributed by atoms with Crippen molar-refractivity contribution >= 4 is 33.5 Å². The molecule has 5 nitrogen and oxygen atoms in total. The predicted molar refractivity (Wildman–Crippen MR) is 91.7 cm³/mol. The number of halogens is 1. The van der Waals surface area contributed by atoms with E-state index in [-0.39, 0.29) is 0 Å². The zero-order valence-electron chi connectivity index (χ0n) is 13.2. The summed E-state index contributed by atoms with van der Waals surface area (Å²) in [6.07, 6.45) is 4.22. The lowest BCUT2D eigenvalue weighted by atomic mass is 10.2. The first-order valence-electron chi connectivity index (χ1n) is 7.81. The number of benzene rings is 1. The third-order valence-corrected chi connectivity index (χ3v) is 4.27. The fourth-order valence-corrected chi connectivity index (χ4v) is 3.12. The molecule has 0 saturated carbocycles. The minimum Gasteiger partial charge on any atom is -0.618 e. The Labute approximate surface area is 140 Å². The van der Waals surface area contributed by atoms with Gasteiger partial charge in [0.2, 0.25) is 11.7 Å². The van der Waals surface area contributed by atoms with Crippen molar-refractivity contribution < 1.29 is 9.47 Å². The molecule has 0 unspecified atom stereocenters. The van der Waals surface area contributed by atoms with E-state index in [4.69, 9.17) is 16.3 Å². The maximum absolute atomic E-state index is 12.2. The van der Waals surface area contributed by atoms with Crippen LogP contribution in [0.5, 0.6) is 0 Å². The second kappa shape index (κ2) is 7.15. The first kappa shape index (κ1) is 16.0. The second-order valence-corrected chi connectivity index (χ2v) is 5.90. The summed E-state index contributed by atoms with van der Waals surface area (Å²) >= 11 is 5.81. The number of methoxy groups -OCH3 is 1. The molecule has 0 atom stereocenters. The molecule has 0 aliphatic rings. The third kappa shape index (κ3) is 3.12. The molecule has 0 radical (unpaired) electrons. The number of aryl methyl sites for hydroxylation is 1. The highest BCUT2D eigenvalue weighted by molar-refractivity contribution is 6.17. The lowest BCUT2D eigenvalue weighted by molar-refractivity contribution is -0.575. The summed E-state index contributed by atoms with van der Waals surface area (Å²) in [6, 6.07) is 7.65. The van der Waals surface area contributed by atoms with Gasteiger partial charge < -0.3 is 14.5 Å². The number of fused-ring (bicyclic) bond motifs is 3. The third-order valence-electron chi connectivity index (χ3n) is 4.00. The van der Waals surface area contributed by atoms with Crippen molar-refractivity contribution in [1.29, 1.82) is 0 Å². The molecule has 6 heteroatoms. The molecule has 0 fully saturated rings. The molecule has 0 aliphatic carbocycles. The molecule has 2 aromatic heterocycles. The summed E-state index contributed by atoms with van der Waals surface area (Å²) in [5.74, 6) is 1.61. The van der Waals surface area contributed by atoms with Crippen LogP contribution in [-0.2, 0) is 17.7 Å². The van der Waals surface area contributed by atoms with Crippen molar-refractivity contribution in [2.45, 2.75) is 25.8 Å². The van der Waals surface area contributed by atoms with Crippen LogP contribution >= 0.6 is 11.6 Å². The van der Waals surface area contributed by atoms with Crippen molar-refractivity contribution in [3.63, 3.8) is 0 Å². The number of aromatic nitrogens is 3. The molecule has 0 saturated heterocycles. The van der Waals surface area contributed by atoms with Crippen LogP contribution in [0.2, 0.25) is 0 Å². The van der Waals surface area contributed by atoms with Gasteiger partial charge in [0.1, 0.15) is 5.82 Å². The normalized spacial score (nSPS) is 11.6. The van der Waals surface area contributed by atoms with Gasteiger partial charge in [0.05, 0.1) is 17.5 Å². The average molecular weight is 334 g/mol. The van der Waals surface area contributed by atoms with Crippen LogP contribution in [0, 0.1) is 5.21 Å². The molecule has 0 spiro atoms. The SMILES string of the molecule is COCCc1nc2c[n+]([O-])c3ccccc3c2n1CCCCCl. The number of ether oxygens (including phenoxy) is 1. The van der Waals surface area contributed by atoms with Gasteiger partial charge in [-0.1, -0.05) is 12.1 Å². The Hall–Kier alpha value is -1.85. The van der Waals surface area contributed by atoms with E-state index in [0.717, 1.165) is 52.8 Å². The van der Waals surface area contributed by atoms with Gasteiger partial charge >= 0.3 is 0 Å². The highest BCUT2D eigenvalue weighted by Gasteiger charge is 2.18. The van der Waals surface area contributed by atoms with Crippen LogP contribution in [-0.4, -0.2) is 29.1 Å². The van der Waals surface area contributed by atoms with Gasteiger partial charge in [0.15, 0.2) is 5.52 Å². The Balaban J connectivity index is 2.18. The number of imidazole rings is 1. The Morgan fingerprint density at radius 3 is 2.91 bits per heavy atom. The van der Waals surface area contributed by atoms with E-state index in [2.05, 4.69) is 9.55 Å². The van der Waals surface area contributed by atoms with Crippen LogP contribution < -0.4 is 4.73 Å². The smallest absolute Gasteiger partial charge is 0.226 e. The highest BCUT2D eigenvalue weighted by Crippen LogP contribution is 2.24. The lowest BCUT2D eigenvalue weighted by Gasteiger charge is -2.10. The molecule has 3 rings (SSSR count). The molecule has 23 heavy (non-hydrogen) atoms. The van der Waals surface area contributed by atoms with Gasteiger partial charge in [-0.25, -0.2) is 4.98 Å². The van der Waals surface area contributed by atoms with Crippen LogP contribution in [0.25, 0.3) is 21.9 Å². The maximum atomic E-state index is 12.2. The number of alkyl halides is 1. The van der Waals surface area contributed by atoms with Crippen molar-refractivity contribution in [2.75, 3.05) is 19.6 Å². The summed E-state index contributed by atoms with van der Waals surface area (Å²) in [5, 5.41) is 13.1. The Kier molecular flexibility index (Phi) is 4.98. The maximum Gasteiger partial charge on any atom is 0.226 e. The summed E-state index contributed by atoms with van der Waals surface area (Å²) in [6.45, 7) is 1.45. The highest BCUT2D eigenvalue weighted by atomic mass is 35.5. The van der Waals surface area contributed by atoms with E-state index < -0.39 is 0 Å². The first-order valence-corrected chi connectivity index (χ1v) is 8.34. The first-order chi connectivity index (χ1) is 11.3. The molecule has 3 aromatic rings. The van der Waals surface area contributed by atoms with Gasteiger partial charge in [-0.15, -0.1) is 11.6 Å². The number of para-hydroxylation sites is 1. The molecule has 0 N–H and O–H groups in total. The monoisotopic (exact) mass is 333 g/mol. The number of pyridine rings is 1. The standard InChI is InChI=1S/C17H20ClN3O2/c1-23-11-8-16-19-14-12-21(22)15-7-3-2-6-13(15)17(14)20(16)10-5-4-9-18/h2-3,6-7,12H,4-5,8-11H2,1H3. The molecule has 2 heterocycles. The number of hydrogen-bond donors (Lipinski definition) is 0. The van der Waals surface area contributed by atoms with Crippen LogP contribution in [0.1, 0.15) is 18.7 Å². The number of hydrogen-bond acceptors (Lipinski definition) is 3. The van der Waals surface area contributed by atoms with E-state index in [1.807, 2.05) is 24.3 Å². The molecule has 0 bridgehead atoms. The van der Waals surface area contributed by atoms with Crippen molar-refractivity contribution in [3.8, 4) is 0 Å². The van der Waals surface area contributed by atoms with E-state index in [9.17, 15) is 5.21 Å². The van der Waals surface area contributed by atoms with E-state index in [0.29, 0.717) is 18.0 Å². The summed E-state index contributed by atoms with van der Waals surface area (Å²) < 4.78 is 8.30. The number of rotatable bonds is 7. The fourth-order valence-electron chi connectivity index (χ4n) is 2.93. The Morgan fingerprint density at radius 1 is 1.30 bits per heavy atom. The predicted octanol–water partition coefficient (Wildman–Crippen LogP) is 3.03. The van der Waals surface area contributed by atoms with Crippen LogP contribution in [0.15, 0.2) is 30.5 Å². The minimum atomic E-state index is 0.605. The van der Waals surface area contributed by atoms with Crippen molar-refractivity contribution in [2.24, 2.45) is 0 Å². The topological polar surface area (TPSA) is 54.0 Å². The van der Waals surface area contributed by atoms with Gasteiger partial charge in [-0.2, -0.15) is 4.73 Å². The lowest BCUT2D eigenvalue weighted by Crippen LogP contribution is -2.26. The van der Waals surface area contributed by atoms with Gasteiger partial charge in [-0.3, -0.25) is 0 Å². The van der Waals surface area contributed by atoms with Gasteiger partial charge in [0.25, 0.3) is 0 Å². The molecular formula is C17H20ClN3O2. The van der Waals surface area contributed by atoms with Gasteiger partial charge in [0, 0.05) is 32.0 Å². The van der Waals surface area contributed by atoms with Crippen LogP contribution in [0.4, 0.5) is 0 Å². The van der Waals surface area contributed by atoms with E-state index in [1.165, 1.54) is 0 Å². The molecule has 0 aliphatic heterocycles. The molecule has 1 aromatic carbocycles. The Bertz CT molecular complexity index is 816. The summed E-state index contributed by atoms with van der Waals surface area (Å²) in [4.78, 5) is 4.67. The zero-order valence-corrected chi connectivity index (χ0v) is 13.9. The minimum absolute atomic E-state index is 0.605. The second-order valence-electron chi connectivity index (χ2n) is 5.52. The van der Waals surface area contributed by atoms with E-state index in [1.54, 1.807) is 13.3 Å². The molecular weight excluding hydrogens is 314 g/mol. The largest absolute Gasteiger partial charge is 0.618 e. The van der Waals surface area contributed by atoms with Gasteiger partial charge in [-0.05, 0) is 18.9 Å². The number of nitrogens with zero attached hydrogens (tertiary/aromatic N) is 3. The summed E-state index contributed by atoms with van der Waals surface area (Å²) in [5.41, 5.74) is 2.42. The van der Waals surface area contributed by atoms with Crippen molar-refractivity contribution in [1.82, 2.24) is 9.55 Å². The molecule has 0 amide bonds. The average Bonchev–Trinajstić information content (AvgIpc) is 2.91. The Morgan fingerprint density at radius 2 is 2.13 bits per heavy atom. The van der Waals surface area contributed by atoms with E-state index >= 15 is 0 Å². The zero-order chi connectivity index (χ0) is 16.2. The van der Waals surface area contributed by atoms with Crippen LogP contribution in [0.3, 0.4) is 0 Å². The molecule has 122 valence electrons. The quantitative estimate of drug-likeness (QED) is 0.289. The van der Waals surface area contributed by atoms with Crippen molar-refractivity contribution in [3.05, 3.63) is 41.5 Å².